The Bertz CT molecular complexity index is 796. The highest BCUT2D eigenvalue weighted by Gasteiger charge is 2.28. The van der Waals surface area contributed by atoms with Crippen LogP contribution in [0, 0.1) is 10.1 Å². The van der Waals surface area contributed by atoms with Gasteiger partial charge in [0.05, 0.1) is 11.5 Å². The van der Waals surface area contributed by atoms with Crippen molar-refractivity contribution >= 4 is 23.2 Å². The molecule has 0 unspecified atom stereocenters. The van der Waals surface area contributed by atoms with Crippen molar-refractivity contribution < 1.29 is 14.5 Å². The molecule has 1 aromatic carbocycles. The summed E-state index contributed by atoms with van der Waals surface area (Å²) in [5, 5.41) is 14.5. The molecular weight excluding hydrogens is 374 g/mol. The van der Waals surface area contributed by atoms with Gasteiger partial charge in [-0.2, -0.15) is 0 Å². The number of rotatable bonds is 6. The van der Waals surface area contributed by atoms with Crippen LogP contribution in [-0.2, 0) is 4.79 Å². The first-order chi connectivity index (χ1) is 14.0. The van der Waals surface area contributed by atoms with E-state index in [0.29, 0.717) is 50.0 Å². The number of nitrogens with one attached hydrogen (secondary N) is 1. The van der Waals surface area contributed by atoms with Crippen LogP contribution >= 0.6 is 0 Å². The molecule has 0 aromatic heterocycles. The first kappa shape index (κ1) is 19.6. The second-order valence-corrected chi connectivity index (χ2v) is 8.06. The zero-order valence-electron chi connectivity index (χ0n) is 16.5. The third-order valence-corrected chi connectivity index (χ3v) is 5.83. The first-order valence-electron chi connectivity index (χ1n) is 10.4. The highest BCUT2D eigenvalue weighted by molar-refractivity contribution is 5.96. The number of benzene rings is 1. The second kappa shape index (κ2) is 8.36. The third kappa shape index (κ3) is 4.67. The minimum atomic E-state index is -0.402. The van der Waals surface area contributed by atoms with Crippen LogP contribution in [-0.4, -0.2) is 78.4 Å². The lowest BCUT2D eigenvalue weighted by Crippen LogP contribution is -2.51. The maximum atomic E-state index is 12.9. The van der Waals surface area contributed by atoms with Crippen molar-refractivity contribution in [1.29, 1.82) is 0 Å². The van der Waals surface area contributed by atoms with Crippen LogP contribution in [0.25, 0.3) is 0 Å². The monoisotopic (exact) mass is 401 g/mol. The van der Waals surface area contributed by atoms with E-state index in [9.17, 15) is 19.7 Å². The molecule has 0 radical (unpaired) electrons. The number of nitro groups is 1. The zero-order chi connectivity index (χ0) is 20.4. The highest BCUT2D eigenvalue weighted by Crippen LogP contribution is 2.32. The van der Waals surface area contributed by atoms with Gasteiger partial charge in [-0.05, 0) is 37.8 Å². The fourth-order valence-corrected chi connectivity index (χ4v) is 4.02. The van der Waals surface area contributed by atoms with Crippen LogP contribution < -0.4 is 10.2 Å². The lowest BCUT2D eigenvalue weighted by molar-refractivity contribution is -0.384. The van der Waals surface area contributed by atoms with E-state index in [1.54, 1.807) is 17.0 Å². The van der Waals surface area contributed by atoms with Crippen molar-refractivity contribution in [3.8, 4) is 0 Å². The molecule has 0 bridgehead atoms. The van der Waals surface area contributed by atoms with Gasteiger partial charge in [-0.1, -0.05) is 0 Å². The second-order valence-electron chi connectivity index (χ2n) is 8.06. The number of carbonyl (C=O) groups is 2. The van der Waals surface area contributed by atoms with Crippen LogP contribution in [0.5, 0.6) is 0 Å². The topological polar surface area (TPSA) is 99.0 Å². The summed E-state index contributed by atoms with van der Waals surface area (Å²) in [6.45, 7) is 4.24. The quantitative estimate of drug-likeness (QED) is 0.569. The van der Waals surface area contributed by atoms with E-state index < -0.39 is 4.92 Å². The summed E-state index contributed by atoms with van der Waals surface area (Å²) in [5.74, 6) is -0.149. The number of piperazine rings is 1. The fraction of sp³-hybridized carbons (Fsp3) is 0.600. The molecule has 2 aliphatic heterocycles. The lowest BCUT2D eigenvalue weighted by atomic mass is 10.1. The van der Waals surface area contributed by atoms with E-state index in [0.717, 1.165) is 38.8 Å². The lowest BCUT2D eigenvalue weighted by Gasteiger charge is -2.34. The minimum absolute atomic E-state index is 0.00636. The largest absolute Gasteiger partial charge is 0.366 e. The molecule has 2 amide bonds. The number of anilines is 1. The maximum Gasteiger partial charge on any atom is 0.293 e. The third-order valence-electron chi connectivity index (χ3n) is 5.83. The molecule has 1 aromatic rings. The molecule has 0 atom stereocenters. The summed E-state index contributed by atoms with van der Waals surface area (Å²) in [5.41, 5.74) is 0.934. The zero-order valence-corrected chi connectivity index (χ0v) is 16.5. The Hall–Kier alpha value is -2.68. The van der Waals surface area contributed by atoms with Gasteiger partial charge in [0.25, 0.3) is 11.6 Å². The Kier molecular flexibility index (Phi) is 5.66. The molecule has 1 aliphatic carbocycles. The highest BCUT2D eigenvalue weighted by atomic mass is 16.6. The average Bonchev–Trinajstić information content (AvgIpc) is 3.36. The van der Waals surface area contributed by atoms with Gasteiger partial charge in [0.2, 0.25) is 5.91 Å². The summed E-state index contributed by atoms with van der Waals surface area (Å²) < 4.78 is 0. The maximum absolute atomic E-state index is 12.9. The van der Waals surface area contributed by atoms with Crippen molar-refractivity contribution in [3.63, 3.8) is 0 Å². The Morgan fingerprint density at radius 1 is 1.07 bits per heavy atom. The molecule has 9 heteroatoms. The molecule has 29 heavy (non-hydrogen) atoms. The predicted molar refractivity (Wildman–Crippen MR) is 108 cm³/mol. The minimum Gasteiger partial charge on any atom is -0.366 e. The standard InChI is InChI=1S/C20H27N5O4/c26-19(21-16-4-5-16)14-22-9-11-24(12-10-22)20(27)15-3-6-17(18(13-15)25(28)29)23-7-1-2-8-23/h3,6,13,16H,1-2,4-5,7-12,14H2,(H,21,26). The normalized spacial score (nSPS) is 20.0. The Morgan fingerprint density at radius 3 is 2.38 bits per heavy atom. The summed E-state index contributed by atoms with van der Waals surface area (Å²) in [7, 11) is 0. The Morgan fingerprint density at radius 2 is 1.76 bits per heavy atom. The number of hydrogen-bond donors (Lipinski definition) is 1. The Labute approximate surface area is 169 Å². The fourth-order valence-electron chi connectivity index (χ4n) is 4.02. The van der Waals surface area contributed by atoms with E-state index in [2.05, 4.69) is 5.32 Å². The van der Waals surface area contributed by atoms with Crippen molar-refractivity contribution in [1.82, 2.24) is 15.1 Å². The van der Waals surface area contributed by atoms with E-state index >= 15 is 0 Å². The molecular formula is C20H27N5O4. The number of carbonyl (C=O) groups excluding carboxylic acids is 2. The number of nitro benzene ring substituents is 1. The van der Waals surface area contributed by atoms with E-state index in [1.807, 2.05) is 9.80 Å². The predicted octanol–water partition coefficient (Wildman–Crippen LogP) is 1.23. The SMILES string of the molecule is O=C(CN1CCN(C(=O)c2ccc(N3CCCC3)c([N+](=O)[O-])c2)CC1)NC1CC1. The van der Waals surface area contributed by atoms with Crippen LogP contribution in [0.3, 0.4) is 0 Å². The smallest absolute Gasteiger partial charge is 0.293 e. The van der Waals surface area contributed by atoms with Crippen molar-refractivity contribution in [2.24, 2.45) is 0 Å². The molecule has 2 heterocycles. The molecule has 9 nitrogen and oxygen atoms in total. The van der Waals surface area contributed by atoms with Crippen LogP contribution in [0.15, 0.2) is 18.2 Å². The van der Waals surface area contributed by atoms with Gasteiger partial charge < -0.3 is 15.1 Å². The molecule has 0 spiro atoms. The van der Waals surface area contributed by atoms with Crippen molar-refractivity contribution in [2.75, 3.05) is 50.7 Å². The van der Waals surface area contributed by atoms with Crippen molar-refractivity contribution in [3.05, 3.63) is 33.9 Å². The van der Waals surface area contributed by atoms with Gasteiger partial charge in [-0.3, -0.25) is 24.6 Å². The summed E-state index contributed by atoms with van der Waals surface area (Å²) in [4.78, 5) is 41.8. The van der Waals surface area contributed by atoms with E-state index in [-0.39, 0.29) is 17.5 Å². The van der Waals surface area contributed by atoms with Gasteiger partial charge >= 0.3 is 0 Å². The van der Waals surface area contributed by atoms with Gasteiger partial charge in [0.15, 0.2) is 0 Å². The number of amides is 2. The van der Waals surface area contributed by atoms with Crippen LogP contribution in [0.2, 0.25) is 0 Å². The van der Waals surface area contributed by atoms with E-state index in [4.69, 9.17) is 0 Å². The molecule has 1 saturated carbocycles. The number of nitrogens with zero attached hydrogens (tertiary/aromatic N) is 4. The van der Waals surface area contributed by atoms with Gasteiger partial charge in [0, 0.05) is 56.9 Å². The summed E-state index contributed by atoms with van der Waals surface area (Å²) in [6, 6.07) is 5.16. The molecule has 2 saturated heterocycles. The molecule has 3 fully saturated rings. The van der Waals surface area contributed by atoms with Gasteiger partial charge in [-0.25, -0.2) is 0 Å². The van der Waals surface area contributed by atoms with E-state index in [1.165, 1.54) is 6.07 Å². The van der Waals surface area contributed by atoms with Gasteiger partial charge in [0.1, 0.15) is 5.69 Å². The molecule has 1 N–H and O–H groups in total. The molecule has 3 aliphatic rings. The molecule has 156 valence electrons. The van der Waals surface area contributed by atoms with Crippen molar-refractivity contribution in [2.45, 2.75) is 31.7 Å². The Balaban J connectivity index is 1.37. The van der Waals surface area contributed by atoms with Gasteiger partial charge in [-0.15, -0.1) is 0 Å². The van der Waals surface area contributed by atoms with Crippen LogP contribution in [0.4, 0.5) is 11.4 Å². The molecule has 4 rings (SSSR count). The average molecular weight is 401 g/mol. The summed E-state index contributed by atoms with van der Waals surface area (Å²) >= 11 is 0. The summed E-state index contributed by atoms with van der Waals surface area (Å²) in [6.07, 6.45) is 4.19. The first-order valence-corrected chi connectivity index (χ1v) is 10.4. The van der Waals surface area contributed by atoms with Crippen LogP contribution in [0.1, 0.15) is 36.0 Å². The number of hydrogen-bond acceptors (Lipinski definition) is 6.